The number of hydrogen-bond acceptors (Lipinski definition) is 5. The van der Waals surface area contributed by atoms with Crippen molar-refractivity contribution in [3.8, 4) is 0 Å². The van der Waals surface area contributed by atoms with E-state index in [0.717, 1.165) is 26.7 Å². The molecule has 0 radical (unpaired) electrons. The maximum absolute atomic E-state index is 12.6. The molecular weight excluding hydrogens is 342 g/mol. The van der Waals surface area contributed by atoms with Crippen LogP contribution in [0, 0.1) is 27.7 Å². The van der Waals surface area contributed by atoms with E-state index in [9.17, 15) is 9.59 Å². The highest BCUT2D eigenvalue weighted by molar-refractivity contribution is 7.99. The first-order chi connectivity index (χ1) is 11.3. The molecule has 0 aliphatic rings. The number of aromatic nitrogens is 3. The Morgan fingerprint density at radius 2 is 2.04 bits per heavy atom. The number of H-pyrrole nitrogens is 1. The number of thioether (sulfide) groups is 1. The van der Waals surface area contributed by atoms with Crippen molar-refractivity contribution in [2.45, 2.75) is 32.9 Å². The van der Waals surface area contributed by atoms with Gasteiger partial charge < -0.3 is 4.98 Å². The minimum absolute atomic E-state index is 0.0368. The van der Waals surface area contributed by atoms with E-state index in [4.69, 9.17) is 0 Å². The molecule has 0 amide bonds. The molecule has 0 aliphatic carbocycles. The lowest BCUT2D eigenvalue weighted by Crippen LogP contribution is -2.20. The number of nitrogens with one attached hydrogen (secondary N) is 1. The summed E-state index contributed by atoms with van der Waals surface area (Å²) in [6.45, 7) is 7.76. The fourth-order valence-corrected chi connectivity index (χ4v) is 4.63. The molecule has 24 heavy (non-hydrogen) atoms. The number of thiophene rings is 1. The number of Topliss-reactive ketones (excluding diaryl/α,β-unsaturated/α-hetero) is 1. The van der Waals surface area contributed by atoms with Crippen molar-refractivity contribution in [3.05, 3.63) is 43.8 Å². The summed E-state index contributed by atoms with van der Waals surface area (Å²) in [4.78, 5) is 34.6. The number of fused-ring (bicyclic) bond motifs is 1. The van der Waals surface area contributed by atoms with Crippen LogP contribution in [0.2, 0.25) is 0 Å². The highest BCUT2D eigenvalue weighted by Gasteiger charge is 2.17. The summed E-state index contributed by atoms with van der Waals surface area (Å²) in [5.74, 6) is 0.294. The van der Waals surface area contributed by atoms with E-state index < -0.39 is 0 Å². The summed E-state index contributed by atoms with van der Waals surface area (Å²) in [7, 11) is 1.71. The van der Waals surface area contributed by atoms with Crippen LogP contribution in [0.3, 0.4) is 0 Å². The number of carbonyl (C=O) groups is 1. The Hall–Kier alpha value is -1.86. The number of aryl methyl sites for hydroxylation is 4. The van der Waals surface area contributed by atoms with Gasteiger partial charge in [0.25, 0.3) is 5.56 Å². The van der Waals surface area contributed by atoms with Crippen LogP contribution in [0.1, 0.15) is 32.2 Å². The molecule has 1 N–H and O–H groups in total. The molecule has 5 nitrogen and oxygen atoms in total. The maximum atomic E-state index is 12.6. The summed E-state index contributed by atoms with van der Waals surface area (Å²) in [6.07, 6.45) is 0. The first kappa shape index (κ1) is 17.0. The Bertz CT molecular complexity index is 1010. The summed E-state index contributed by atoms with van der Waals surface area (Å²) in [5, 5.41) is 1.26. The molecule has 0 aromatic carbocycles. The van der Waals surface area contributed by atoms with Crippen LogP contribution in [-0.2, 0) is 7.05 Å². The van der Waals surface area contributed by atoms with Crippen molar-refractivity contribution in [2.24, 2.45) is 7.05 Å². The molecule has 0 saturated carbocycles. The zero-order valence-electron chi connectivity index (χ0n) is 14.3. The summed E-state index contributed by atoms with van der Waals surface area (Å²) >= 11 is 2.83. The quantitative estimate of drug-likeness (QED) is 0.438. The third kappa shape index (κ3) is 2.82. The van der Waals surface area contributed by atoms with Crippen LogP contribution in [0.4, 0.5) is 0 Å². The average Bonchev–Trinajstić information content (AvgIpc) is 3.00. The minimum Gasteiger partial charge on any atom is -0.362 e. The monoisotopic (exact) mass is 361 g/mol. The molecular formula is C17H19N3O2S2. The molecule has 3 aromatic rings. The first-order valence-corrected chi connectivity index (χ1v) is 9.38. The molecule has 0 atom stereocenters. The van der Waals surface area contributed by atoms with Crippen LogP contribution in [-0.4, -0.2) is 26.1 Å². The third-order valence-corrected chi connectivity index (χ3v) is 6.28. The van der Waals surface area contributed by atoms with E-state index >= 15 is 0 Å². The van der Waals surface area contributed by atoms with Gasteiger partial charge in [0.15, 0.2) is 10.9 Å². The number of aromatic amines is 1. The second kappa shape index (κ2) is 6.22. The second-order valence-electron chi connectivity index (χ2n) is 5.92. The van der Waals surface area contributed by atoms with Crippen LogP contribution in [0.25, 0.3) is 10.2 Å². The lowest BCUT2D eigenvalue weighted by molar-refractivity contribution is 0.102. The van der Waals surface area contributed by atoms with Crippen LogP contribution >= 0.6 is 23.1 Å². The number of rotatable bonds is 4. The zero-order chi connectivity index (χ0) is 17.6. The van der Waals surface area contributed by atoms with E-state index in [2.05, 4.69) is 9.97 Å². The lowest BCUT2D eigenvalue weighted by Gasteiger charge is -2.07. The number of nitrogens with zero attached hydrogens (tertiary/aromatic N) is 2. The van der Waals surface area contributed by atoms with Gasteiger partial charge in [-0.15, -0.1) is 11.3 Å². The smallest absolute Gasteiger partial charge is 0.262 e. The maximum Gasteiger partial charge on any atom is 0.262 e. The highest BCUT2D eigenvalue weighted by Crippen LogP contribution is 2.28. The second-order valence-corrected chi connectivity index (χ2v) is 8.07. The standard InChI is InChI=1S/C17H19N3O2S2/c1-8-6-12(10(3)18-8)13(21)7-23-17-19-15-14(16(22)20(17)5)9(2)11(4)24-15/h6,18H,7H2,1-5H3. The molecule has 3 heterocycles. The molecule has 7 heteroatoms. The average molecular weight is 361 g/mol. The van der Waals surface area contributed by atoms with Gasteiger partial charge in [0, 0.05) is 28.9 Å². The van der Waals surface area contributed by atoms with Crippen LogP contribution in [0.5, 0.6) is 0 Å². The molecule has 3 aromatic heterocycles. The van der Waals surface area contributed by atoms with E-state index in [1.165, 1.54) is 27.7 Å². The molecule has 3 rings (SSSR count). The Kier molecular flexibility index (Phi) is 4.40. The number of ketones is 1. The molecule has 0 spiro atoms. The predicted molar refractivity (Wildman–Crippen MR) is 99.7 cm³/mol. The Labute approximate surface area is 148 Å². The summed E-state index contributed by atoms with van der Waals surface area (Å²) in [6, 6.07) is 1.86. The first-order valence-electron chi connectivity index (χ1n) is 7.58. The van der Waals surface area contributed by atoms with Gasteiger partial charge in [-0.2, -0.15) is 0 Å². The Morgan fingerprint density at radius 3 is 2.67 bits per heavy atom. The summed E-state index contributed by atoms with van der Waals surface area (Å²) in [5.41, 5.74) is 3.49. The largest absolute Gasteiger partial charge is 0.362 e. The van der Waals surface area contributed by atoms with Crippen molar-refractivity contribution >= 4 is 39.1 Å². The number of hydrogen-bond donors (Lipinski definition) is 1. The highest BCUT2D eigenvalue weighted by atomic mass is 32.2. The Morgan fingerprint density at radius 1 is 1.33 bits per heavy atom. The van der Waals surface area contributed by atoms with Crippen molar-refractivity contribution in [3.63, 3.8) is 0 Å². The van der Waals surface area contributed by atoms with Gasteiger partial charge in [0.2, 0.25) is 0 Å². The van der Waals surface area contributed by atoms with E-state index in [1.807, 2.05) is 33.8 Å². The van der Waals surface area contributed by atoms with Crippen molar-refractivity contribution < 1.29 is 4.79 Å². The van der Waals surface area contributed by atoms with Gasteiger partial charge in [0.05, 0.1) is 11.1 Å². The van der Waals surface area contributed by atoms with E-state index in [-0.39, 0.29) is 17.1 Å². The topological polar surface area (TPSA) is 67.8 Å². The van der Waals surface area contributed by atoms with E-state index in [0.29, 0.717) is 16.1 Å². The van der Waals surface area contributed by atoms with Gasteiger partial charge >= 0.3 is 0 Å². The fraction of sp³-hybridized carbons (Fsp3) is 0.353. The molecule has 0 aliphatic heterocycles. The normalized spacial score (nSPS) is 11.4. The van der Waals surface area contributed by atoms with Crippen molar-refractivity contribution in [1.29, 1.82) is 0 Å². The van der Waals surface area contributed by atoms with Gasteiger partial charge in [0.1, 0.15) is 4.83 Å². The van der Waals surface area contributed by atoms with E-state index in [1.54, 1.807) is 7.05 Å². The third-order valence-electron chi connectivity index (χ3n) is 4.15. The lowest BCUT2D eigenvalue weighted by atomic mass is 10.2. The molecule has 0 bridgehead atoms. The summed E-state index contributed by atoms with van der Waals surface area (Å²) < 4.78 is 1.54. The predicted octanol–water partition coefficient (Wildman–Crippen LogP) is 3.53. The Balaban J connectivity index is 1.91. The van der Waals surface area contributed by atoms with Gasteiger partial charge in [-0.25, -0.2) is 4.98 Å². The minimum atomic E-state index is -0.0505. The van der Waals surface area contributed by atoms with Crippen molar-refractivity contribution in [2.75, 3.05) is 5.75 Å². The molecule has 0 unspecified atom stereocenters. The van der Waals surface area contributed by atoms with Crippen LogP contribution in [0.15, 0.2) is 16.0 Å². The van der Waals surface area contributed by atoms with Gasteiger partial charge in [-0.05, 0) is 39.3 Å². The van der Waals surface area contributed by atoms with Gasteiger partial charge in [-0.3, -0.25) is 14.2 Å². The molecule has 0 fully saturated rings. The SMILES string of the molecule is Cc1cc(C(=O)CSc2nc3sc(C)c(C)c3c(=O)n2C)c(C)[nH]1. The number of carbonyl (C=O) groups excluding carboxylic acids is 1. The fourth-order valence-electron chi connectivity index (χ4n) is 2.71. The molecule has 0 saturated heterocycles. The van der Waals surface area contributed by atoms with Crippen molar-refractivity contribution in [1.82, 2.24) is 14.5 Å². The van der Waals surface area contributed by atoms with Crippen LogP contribution < -0.4 is 5.56 Å². The zero-order valence-corrected chi connectivity index (χ0v) is 15.9. The molecule has 126 valence electrons. The van der Waals surface area contributed by atoms with Gasteiger partial charge in [-0.1, -0.05) is 11.8 Å².